The van der Waals surface area contributed by atoms with Gasteiger partial charge in [0.25, 0.3) is 5.56 Å². The molecule has 2 aromatic carbocycles. The summed E-state index contributed by atoms with van der Waals surface area (Å²) in [5, 5.41) is 8.99. The molecule has 0 bridgehead atoms. The van der Waals surface area contributed by atoms with Crippen LogP contribution in [0.2, 0.25) is 5.02 Å². The molecule has 33 heavy (non-hydrogen) atoms. The topological polar surface area (TPSA) is 69.7 Å². The van der Waals surface area contributed by atoms with Crippen LogP contribution in [0.15, 0.2) is 65.1 Å². The Labute approximate surface area is 198 Å². The summed E-state index contributed by atoms with van der Waals surface area (Å²) >= 11 is 6.28. The lowest BCUT2D eigenvalue weighted by Gasteiger charge is -2.15. The van der Waals surface area contributed by atoms with E-state index in [2.05, 4.69) is 26.9 Å². The zero-order valence-corrected chi connectivity index (χ0v) is 19.6. The van der Waals surface area contributed by atoms with Gasteiger partial charge in [0.1, 0.15) is 0 Å². The Bertz CT molecular complexity index is 1210. The Morgan fingerprint density at radius 2 is 1.97 bits per heavy atom. The highest BCUT2D eigenvalue weighted by Crippen LogP contribution is 2.34. The number of aromatic amines is 1. The number of nitrogens with one attached hydrogen (secondary N) is 2. The SMILES string of the molecule is C=C(O/N=C(\C)CNCCN1CCCC1)c1c(-c2ccccc2)c2cc(Cl)ccc2[nH]c1=O. The van der Waals surface area contributed by atoms with Crippen molar-refractivity contribution in [2.75, 3.05) is 32.7 Å². The molecule has 7 heteroatoms. The number of aromatic nitrogens is 1. The first-order valence-corrected chi connectivity index (χ1v) is 11.6. The Morgan fingerprint density at radius 1 is 1.21 bits per heavy atom. The summed E-state index contributed by atoms with van der Waals surface area (Å²) in [6, 6.07) is 15.1. The van der Waals surface area contributed by atoms with Crippen molar-refractivity contribution in [2.45, 2.75) is 19.8 Å². The fourth-order valence-corrected chi connectivity index (χ4v) is 4.33. The molecule has 6 nitrogen and oxygen atoms in total. The predicted molar refractivity (Wildman–Crippen MR) is 137 cm³/mol. The van der Waals surface area contributed by atoms with Crippen molar-refractivity contribution in [3.8, 4) is 11.1 Å². The lowest BCUT2D eigenvalue weighted by atomic mass is 9.95. The van der Waals surface area contributed by atoms with Crippen molar-refractivity contribution in [3.05, 3.63) is 76.0 Å². The monoisotopic (exact) mass is 464 g/mol. The van der Waals surface area contributed by atoms with Crippen LogP contribution >= 0.6 is 11.6 Å². The maximum Gasteiger partial charge on any atom is 0.260 e. The average Bonchev–Trinajstić information content (AvgIpc) is 3.34. The highest BCUT2D eigenvalue weighted by molar-refractivity contribution is 6.31. The molecule has 0 radical (unpaired) electrons. The van der Waals surface area contributed by atoms with Gasteiger partial charge < -0.3 is 20.0 Å². The van der Waals surface area contributed by atoms with Crippen LogP contribution in [0, 0.1) is 0 Å². The number of hydrogen-bond acceptors (Lipinski definition) is 5. The Kier molecular flexibility index (Phi) is 7.60. The molecular formula is C26H29ClN4O2. The van der Waals surface area contributed by atoms with Gasteiger partial charge in [0.05, 0.1) is 11.3 Å². The van der Waals surface area contributed by atoms with E-state index in [1.54, 1.807) is 12.1 Å². The number of H-pyrrole nitrogens is 1. The molecule has 2 heterocycles. The Hall–Kier alpha value is -2.93. The zero-order chi connectivity index (χ0) is 23.2. The van der Waals surface area contributed by atoms with Crippen LogP contribution in [0.4, 0.5) is 0 Å². The normalized spacial score (nSPS) is 14.7. The molecule has 1 fully saturated rings. The molecule has 1 saturated heterocycles. The van der Waals surface area contributed by atoms with E-state index < -0.39 is 0 Å². The number of nitrogens with zero attached hydrogens (tertiary/aromatic N) is 2. The maximum atomic E-state index is 13.0. The van der Waals surface area contributed by atoms with E-state index in [-0.39, 0.29) is 11.3 Å². The van der Waals surface area contributed by atoms with Crippen molar-refractivity contribution in [3.63, 3.8) is 0 Å². The van der Waals surface area contributed by atoms with Crippen LogP contribution in [0.3, 0.4) is 0 Å². The highest BCUT2D eigenvalue weighted by atomic mass is 35.5. The van der Waals surface area contributed by atoms with Crippen LogP contribution in [0.5, 0.6) is 0 Å². The minimum atomic E-state index is -0.287. The van der Waals surface area contributed by atoms with Crippen molar-refractivity contribution < 1.29 is 4.84 Å². The standard InChI is InChI=1S/C26H29ClN4O2/c1-18(17-28-12-15-31-13-6-7-14-31)30-33-19(2)24-25(20-8-4-3-5-9-20)22-16-21(27)10-11-23(22)29-26(24)32/h3-5,8-11,16,28H,2,6-7,12-15,17H2,1H3,(H,29,32)/b30-18+. The van der Waals surface area contributed by atoms with Crippen LogP contribution < -0.4 is 10.9 Å². The molecule has 1 aliphatic rings. The molecule has 2 N–H and O–H groups in total. The smallest absolute Gasteiger partial charge is 0.260 e. The van der Waals surface area contributed by atoms with E-state index in [1.807, 2.05) is 43.3 Å². The molecule has 1 aliphatic heterocycles. The number of hydrogen-bond donors (Lipinski definition) is 2. The summed E-state index contributed by atoms with van der Waals surface area (Å²) < 4.78 is 0. The summed E-state index contributed by atoms with van der Waals surface area (Å²) in [5.41, 5.74) is 3.12. The van der Waals surface area contributed by atoms with Gasteiger partial charge >= 0.3 is 0 Å². The fraction of sp³-hybridized carbons (Fsp3) is 0.308. The molecule has 0 unspecified atom stereocenters. The van der Waals surface area contributed by atoms with Gasteiger partial charge in [-0.3, -0.25) is 4.79 Å². The van der Waals surface area contributed by atoms with Gasteiger partial charge in [0, 0.05) is 41.1 Å². The van der Waals surface area contributed by atoms with Gasteiger partial charge in [-0.25, -0.2) is 0 Å². The summed E-state index contributed by atoms with van der Waals surface area (Å²) in [7, 11) is 0. The molecule has 0 saturated carbocycles. The zero-order valence-electron chi connectivity index (χ0n) is 18.9. The van der Waals surface area contributed by atoms with Crippen molar-refractivity contribution in [2.24, 2.45) is 5.16 Å². The van der Waals surface area contributed by atoms with E-state index in [9.17, 15) is 4.79 Å². The third-order valence-electron chi connectivity index (χ3n) is 5.81. The van der Waals surface area contributed by atoms with Crippen LogP contribution in [0.1, 0.15) is 25.3 Å². The first-order chi connectivity index (χ1) is 16.0. The quantitative estimate of drug-likeness (QED) is 0.204. The Morgan fingerprint density at radius 3 is 2.73 bits per heavy atom. The van der Waals surface area contributed by atoms with E-state index >= 15 is 0 Å². The first-order valence-electron chi connectivity index (χ1n) is 11.3. The van der Waals surface area contributed by atoms with Gasteiger partial charge in [-0.15, -0.1) is 0 Å². The average molecular weight is 465 g/mol. The summed E-state index contributed by atoms with van der Waals surface area (Å²) in [4.78, 5) is 24.0. The molecule has 0 amide bonds. The fourth-order valence-electron chi connectivity index (χ4n) is 4.16. The van der Waals surface area contributed by atoms with E-state index in [0.29, 0.717) is 22.6 Å². The molecule has 1 aromatic heterocycles. The molecule has 3 aromatic rings. The minimum absolute atomic E-state index is 0.188. The lowest BCUT2D eigenvalue weighted by molar-refractivity contribution is 0.297. The number of likely N-dealkylation sites (tertiary alicyclic amines) is 1. The number of fused-ring (bicyclic) bond motifs is 1. The van der Waals surface area contributed by atoms with Gasteiger partial charge in [-0.05, 0) is 56.6 Å². The van der Waals surface area contributed by atoms with Crippen molar-refractivity contribution >= 4 is 34.0 Å². The lowest BCUT2D eigenvalue weighted by Crippen LogP contribution is -2.32. The van der Waals surface area contributed by atoms with Crippen molar-refractivity contribution in [1.82, 2.24) is 15.2 Å². The van der Waals surface area contributed by atoms with Crippen LogP contribution in [-0.2, 0) is 4.84 Å². The summed E-state index contributed by atoms with van der Waals surface area (Å²) in [5.74, 6) is 0.188. The number of halogens is 1. The molecule has 4 rings (SSSR count). The minimum Gasteiger partial charge on any atom is -0.357 e. The second-order valence-electron chi connectivity index (χ2n) is 8.33. The number of oxime groups is 1. The first kappa shape index (κ1) is 23.2. The molecule has 0 atom stereocenters. The predicted octanol–water partition coefficient (Wildman–Crippen LogP) is 4.90. The second kappa shape index (κ2) is 10.8. The van der Waals surface area contributed by atoms with Crippen LogP contribution in [-0.4, -0.2) is 48.3 Å². The van der Waals surface area contributed by atoms with Gasteiger partial charge in [-0.2, -0.15) is 0 Å². The summed E-state index contributed by atoms with van der Waals surface area (Å²) in [6.07, 6.45) is 2.59. The van der Waals surface area contributed by atoms with Crippen molar-refractivity contribution in [1.29, 1.82) is 0 Å². The number of benzene rings is 2. The van der Waals surface area contributed by atoms with Gasteiger partial charge in [0.2, 0.25) is 0 Å². The van der Waals surface area contributed by atoms with Crippen LogP contribution in [0.25, 0.3) is 27.8 Å². The molecule has 172 valence electrons. The highest BCUT2D eigenvalue weighted by Gasteiger charge is 2.19. The largest absolute Gasteiger partial charge is 0.357 e. The molecular weight excluding hydrogens is 436 g/mol. The third-order valence-corrected chi connectivity index (χ3v) is 6.05. The van der Waals surface area contributed by atoms with Gasteiger partial charge in [-0.1, -0.05) is 53.7 Å². The number of rotatable bonds is 9. The third kappa shape index (κ3) is 5.71. The summed E-state index contributed by atoms with van der Waals surface area (Å²) in [6.45, 7) is 10.8. The molecule has 0 spiro atoms. The van der Waals surface area contributed by atoms with Gasteiger partial charge in [0.15, 0.2) is 5.76 Å². The maximum absolute atomic E-state index is 13.0. The second-order valence-corrected chi connectivity index (χ2v) is 8.76. The number of pyridine rings is 1. The molecule has 0 aliphatic carbocycles. The van der Waals surface area contributed by atoms with E-state index in [1.165, 1.54) is 25.9 Å². The Balaban J connectivity index is 1.54. The van der Waals surface area contributed by atoms with E-state index in [0.717, 1.165) is 35.3 Å². The van der Waals surface area contributed by atoms with E-state index in [4.69, 9.17) is 16.4 Å².